The Morgan fingerprint density at radius 2 is 1.94 bits per heavy atom. The van der Waals surface area contributed by atoms with Crippen LogP contribution in [0.3, 0.4) is 0 Å². The molecule has 1 amide bonds. The predicted molar refractivity (Wildman–Crippen MR) is 136 cm³/mol. The van der Waals surface area contributed by atoms with Crippen molar-refractivity contribution in [1.82, 2.24) is 20.0 Å². The van der Waals surface area contributed by atoms with Crippen molar-refractivity contribution < 1.29 is 18.4 Å². The first-order valence-corrected chi connectivity index (χ1v) is 13.3. The molecule has 2 fully saturated rings. The van der Waals surface area contributed by atoms with E-state index in [-0.39, 0.29) is 31.3 Å². The van der Waals surface area contributed by atoms with Crippen LogP contribution in [0.1, 0.15) is 69.8 Å². The minimum Gasteiger partial charge on any atom is -0.477 e. The molecular weight excluding hydrogens is 461 g/mol. The summed E-state index contributed by atoms with van der Waals surface area (Å²) < 4.78 is 24.5. The second-order valence-corrected chi connectivity index (χ2v) is 10.9. The molecule has 4 heterocycles. The van der Waals surface area contributed by atoms with E-state index in [1.807, 2.05) is 13.0 Å². The Balaban J connectivity index is 1.19. The number of aromatic nitrogens is 3. The Morgan fingerprint density at radius 3 is 2.56 bits per heavy atom. The molecule has 0 N–H and O–H groups in total. The highest BCUT2D eigenvalue weighted by Gasteiger charge is 2.31. The second kappa shape index (κ2) is 11.6. The van der Waals surface area contributed by atoms with Crippen LogP contribution >= 0.6 is 0 Å². The lowest BCUT2D eigenvalue weighted by atomic mass is 9.77. The largest absolute Gasteiger partial charge is 0.477 e. The van der Waals surface area contributed by atoms with Crippen LogP contribution < -0.4 is 9.64 Å². The number of piperidine rings is 1. The highest BCUT2D eigenvalue weighted by atomic mass is 19.1. The van der Waals surface area contributed by atoms with Crippen LogP contribution in [-0.4, -0.2) is 64.9 Å². The van der Waals surface area contributed by atoms with E-state index >= 15 is 0 Å². The number of ether oxygens (including phenoxy) is 1. The second-order valence-electron chi connectivity index (χ2n) is 10.9. The lowest BCUT2D eigenvalue weighted by Gasteiger charge is -2.36. The van der Waals surface area contributed by atoms with Crippen LogP contribution in [0.5, 0.6) is 5.88 Å². The van der Waals surface area contributed by atoms with Crippen molar-refractivity contribution >= 4 is 11.9 Å². The highest BCUT2D eigenvalue weighted by Crippen LogP contribution is 2.33. The minimum absolute atomic E-state index is 0.0511. The Bertz CT molecular complexity index is 1010. The van der Waals surface area contributed by atoms with Gasteiger partial charge in [0, 0.05) is 30.8 Å². The van der Waals surface area contributed by atoms with Crippen LogP contribution in [0.25, 0.3) is 0 Å². The van der Waals surface area contributed by atoms with Gasteiger partial charge >= 0.3 is 6.01 Å². The molecule has 0 aliphatic carbocycles. The van der Waals surface area contributed by atoms with Gasteiger partial charge in [0.2, 0.25) is 11.8 Å². The lowest BCUT2D eigenvalue weighted by molar-refractivity contribution is -0.137. The van der Waals surface area contributed by atoms with Crippen molar-refractivity contribution in [1.29, 1.82) is 0 Å². The van der Waals surface area contributed by atoms with Crippen molar-refractivity contribution in [2.75, 3.05) is 37.7 Å². The van der Waals surface area contributed by atoms with E-state index in [4.69, 9.17) is 9.26 Å². The third-order valence-corrected chi connectivity index (χ3v) is 7.84. The molecule has 0 unspecified atom stereocenters. The SMILES string of the molecule is Cc1cc(CC(=O)N2CC(F)C2)cnc1OCC[C@H](C)[C@H](C)C1CCN(c2nc(C(C)C)no2)CC1. The smallest absolute Gasteiger partial charge is 0.324 e. The molecule has 0 aromatic carbocycles. The number of hydrogen-bond donors (Lipinski definition) is 0. The molecule has 2 aliphatic rings. The van der Waals surface area contributed by atoms with Crippen LogP contribution in [0.4, 0.5) is 10.4 Å². The van der Waals surface area contributed by atoms with Crippen molar-refractivity contribution in [3.8, 4) is 5.88 Å². The van der Waals surface area contributed by atoms with Crippen LogP contribution in [0.15, 0.2) is 16.8 Å². The molecule has 2 saturated heterocycles. The molecular formula is C27H40FN5O3. The number of alkyl halides is 1. The van der Waals surface area contributed by atoms with E-state index in [9.17, 15) is 9.18 Å². The number of likely N-dealkylation sites (tertiary alicyclic amines) is 1. The molecule has 36 heavy (non-hydrogen) atoms. The van der Waals surface area contributed by atoms with Gasteiger partial charge in [-0.2, -0.15) is 4.98 Å². The van der Waals surface area contributed by atoms with Gasteiger partial charge in [-0.1, -0.05) is 32.9 Å². The van der Waals surface area contributed by atoms with Crippen LogP contribution in [-0.2, 0) is 11.2 Å². The number of amides is 1. The monoisotopic (exact) mass is 501 g/mol. The third-order valence-electron chi connectivity index (χ3n) is 7.84. The first-order valence-electron chi connectivity index (χ1n) is 13.3. The minimum atomic E-state index is -0.878. The number of rotatable bonds is 10. The van der Waals surface area contributed by atoms with E-state index in [1.54, 1.807) is 11.1 Å². The van der Waals surface area contributed by atoms with Gasteiger partial charge in [0.25, 0.3) is 0 Å². The Morgan fingerprint density at radius 1 is 1.22 bits per heavy atom. The highest BCUT2D eigenvalue weighted by molar-refractivity contribution is 5.79. The molecule has 0 radical (unpaired) electrons. The van der Waals surface area contributed by atoms with Gasteiger partial charge in [-0.3, -0.25) is 4.79 Å². The summed E-state index contributed by atoms with van der Waals surface area (Å²) in [6.07, 6.45) is 4.27. The number of nitrogens with zero attached hydrogens (tertiary/aromatic N) is 5. The average Bonchev–Trinajstić information content (AvgIpc) is 3.34. The maximum absolute atomic E-state index is 13.0. The molecule has 0 saturated carbocycles. The number of carbonyl (C=O) groups is 1. The summed E-state index contributed by atoms with van der Waals surface area (Å²) in [6.45, 7) is 13.7. The predicted octanol–water partition coefficient (Wildman–Crippen LogP) is 4.58. The molecule has 0 bridgehead atoms. The van der Waals surface area contributed by atoms with Crippen LogP contribution in [0.2, 0.25) is 0 Å². The van der Waals surface area contributed by atoms with Gasteiger partial charge in [-0.25, -0.2) is 9.37 Å². The Hall–Kier alpha value is -2.71. The molecule has 2 aliphatic heterocycles. The van der Waals surface area contributed by atoms with Crippen molar-refractivity contribution in [3.05, 3.63) is 29.2 Å². The van der Waals surface area contributed by atoms with E-state index in [1.165, 1.54) is 0 Å². The fourth-order valence-corrected chi connectivity index (χ4v) is 5.06. The number of anilines is 1. The molecule has 2 atom stereocenters. The van der Waals surface area contributed by atoms with E-state index in [0.717, 1.165) is 49.3 Å². The van der Waals surface area contributed by atoms with E-state index in [2.05, 4.69) is 47.7 Å². The molecule has 2 aromatic heterocycles. The first kappa shape index (κ1) is 26.4. The summed E-state index contributed by atoms with van der Waals surface area (Å²) in [5, 5.41) is 4.09. The summed E-state index contributed by atoms with van der Waals surface area (Å²) in [5.74, 6) is 3.40. The van der Waals surface area contributed by atoms with E-state index < -0.39 is 6.17 Å². The number of pyridine rings is 1. The molecule has 4 rings (SSSR count). The molecule has 9 heteroatoms. The lowest BCUT2D eigenvalue weighted by Crippen LogP contribution is -2.52. The standard InChI is InChI=1S/C27H40FN5O3/c1-17(2)25-30-27(36-31-25)32-9-6-22(7-10-32)20(5)18(3)8-11-35-26-19(4)12-21(14-29-26)13-24(34)33-15-23(28)16-33/h12,14,17-18,20,22-23H,6-11,13,15-16H2,1-5H3/t18-,20-/m0/s1. The number of carbonyl (C=O) groups excluding carboxylic acids is 1. The average molecular weight is 502 g/mol. The Labute approximate surface area is 213 Å². The summed E-state index contributed by atoms with van der Waals surface area (Å²) in [6, 6.07) is 2.60. The maximum Gasteiger partial charge on any atom is 0.324 e. The van der Waals surface area contributed by atoms with Gasteiger partial charge in [0.1, 0.15) is 6.17 Å². The fraction of sp³-hybridized carbons (Fsp3) is 0.704. The van der Waals surface area contributed by atoms with Crippen molar-refractivity contribution in [2.24, 2.45) is 17.8 Å². The number of hydrogen-bond acceptors (Lipinski definition) is 7. The summed E-state index contributed by atoms with van der Waals surface area (Å²) >= 11 is 0. The van der Waals surface area contributed by atoms with E-state index in [0.29, 0.717) is 36.3 Å². The maximum atomic E-state index is 13.0. The third kappa shape index (κ3) is 6.34. The van der Waals surface area contributed by atoms with Gasteiger partial charge in [0.15, 0.2) is 5.82 Å². The van der Waals surface area contributed by atoms with Gasteiger partial charge in [0.05, 0.1) is 26.1 Å². The quantitative estimate of drug-likeness (QED) is 0.471. The normalized spacial score (nSPS) is 18.9. The zero-order valence-corrected chi connectivity index (χ0v) is 22.2. The topological polar surface area (TPSA) is 84.6 Å². The Kier molecular flexibility index (Phi) is 8.46. The molecule has 198 valence electrons. The molecule has 2 aromatic rings. The summed E-state index contributed by atoms with van der Waals surface area (Å²) in [7, 11) is 0. The summed E-state index contributed by atoms with van der Waals surface area (Å²) in [5.41, 5.74) is 1.75. The zero-order valence-electron chi connectivity index (χ0n) is 22.2. The number of halogens is 1. The molecule has 8 nitrogen and oxygen atoms in total. The fourth-order valence-electron chi connectivity index (χ4n) is 5.06. The summed E-state index contributed by atoms with van der Waals surface area (Å²) in [4.78, 5) is 24.9. The van der Waals surface area contributed by atoms with Gasteiger partial charge < -0.3 is 19.1 Å². The van der Waals surface area contributed by atoms with Crippen molar-refractivity contribution in [3.63, 3.8) is 0 Å². The molecule has 0 spiro atoms. The van der Waals surface area contributed by atoms with Gasteiger partial charge in [-0.05, 0) is 55.6 Å². The first-order chi connectivity index (χ1) is 17.2. The number of aryl methyl sites for hydroxylation is 1. The van der Waals surface area contributed by atoms with Crippen LogP contribution in [0, 0.1) is 24.7 Å². The van der Waals surface area contributed by atoms with Gasteiger partial charge in [-0.15, -0.1) is 0 Å². The zero-order chi connectivity index (χ0) is 25.8. The van der Waals surface area contributed by atoms with Crippen molar-refractivity contribution in [2.45, 2.75) is 72.4 Å².